The Balaban J connectivity index is 1.65. The largest absolute Gasteiger partial charge is 0.466 e. The van der Waals surface area contributed by atoms with Gasteiger partial charge in [0, 0.05) is 31.2 Å². The summed E-state index contributed by atoms with van der Waals surface area (Å²) in [5.74, 6) is -2.05. The first-order valence-electron chi connectivity index (χ1n) is 12.6. The highest BCUT2D eigenvalue weighted by atomic mass is 16.5. The van der Waals surface area contributed by atoms with E-state index in [2.05, 4.69) is 25.7 Å². The number of benzene rings is 1. The van der Waals surface area contributed by atoms with Gasteiger partial charge in [-0.15, -0.1) is 0 Å². The van der Waals surface area contributed by atoms with E-state index in [-0.39, 0.29) is 36.5 Å². The van der Waals surface area contributed by atoms with Gasteiger partial charge < -0.3 is 25.3 Å². The normalized spacial score (nSPS) is 11.4. The molecule has 0 aliphatic rings. The predicted molar refractivity (Wildman–Crippen MR) is 148 cm³/mol. The number of allylic oxidation sites excluding steroid dienone is 1. The summed E-state index contributed by atoms with van der Waals surface area (Å²) in [6.07, 6.45) is 8.13. The molecule has 0 unspecified atom stereocenters. The minimum absolute atomic E-state index is 0.0460. The van der Waals surface area contributed by atoms with Crippen molar-refractivity contribution < 1.29 is 23.9 Å². The lowest BCUT2D eigenvalue weighted by Crippen LogP contribution is -2.44. The fraction of sp³-hybridized carbons (Fsp3) is 0.241. The van der Waals surface area contributed by atoms with Crippen LogP contribution in [0.15, 0.2) is 90.1 Å². The van der Waals surface area contributed by atoms with Crippen molar-refractivity contribution in [3.63, 3.8) is 0 Å². The summed E-state index contributed by atoms with van der Waals surface area (Å²) in [4.78, 5) is 66.5. The number of hydrogen-bond acceptors (Lipinski definition) is 7. The van der Waals surface area contributed by atoms with Crippen molar-refractivity contribution >= 4 is 29.4 Å². The average Bonchev–Trinajstić information content (AvgIpc) is 2.97. The second-order valence-corrected chi connectivity index (χ2v) is 8.70. The zero-order valence-electron chi connectivity index (χ0n) is 22.0. The number of nitrogens with zero attached hydrogens (tertiary/aromatic N) is 2. The number of amides is 3. The Morgan fingerprint density at radius 3 is 2.58 bits per heavy atom. The second-order valence-electron chi connectivity index (χ2n) is 8.70. The van der Waals surface area contributed by atoms with Crippen molar-refractivity contribution in [2.45, 2.75) is 31.8 Å². The van der Waals surface area contributed by atoms with Crippen molar-refractivity contribution in [2.75, 3.05) is 19.0 Å². The van der Waals surface area contributed by atoms with E-state index in [9.17, 15) is 24.0 Å². The molecular formula is C29H31N5O6. The molecule has 0 saturated heterocycles. The van der Waals surface area contributed by atoms with Gasteiger partial charge in [0.2, 0.25) is 11.8 Å². The van der Waals surface area contributed by atoms with Crippen LogP contribution >= 0.6 is 0 Å². The molecule has 0 bridgehead atoms. The minimum Gasteiger partial charge on any atom is -0.466 e. The Kier molecular flexibility index (Phi) is 11.3. The third-order valence-electron chi connectivity index (χ3n) is 5.79. The van der Waals surface area contributed by atoms with Crippen LogP contribution in [-0.4, -0.2) is 52.9 Å². The fourth-order valence-corrected chi connectivity index (χ4v) is 3.70. The molecule has 3 N–H and O–H groups in total. The van der Waals surface area contributed by atoms with Crippen LogP contribution in [0, 0.1) is 0 Å². The number of rotatable bonds is 13. The second kappa shape index (κ2) is 15.4. The molecule has 2 aromatic heterocycles. The van der Waals surface area contributed by atoms with E-state index in [0.29, 0.717) is 13.0 Å². The molecule has 0 spiro atoms. The molecule has 3 rings (SSSR count). The standard InChI is InChI=1S/C29H31N5O6/c1-40-26(36)14-6-5-12-23(32-27(37)22-11-7-16-30-19-22)28(38)33-24-13-8-18-34(29(24)39)20-25(35)31-17-15-21-9-3-2-4-10-21/h2-4,6-11,13-14,16,18-19,23H,5,12,15,17,20H2,1H3,(H,31,35)(H,32,37)(H,33,38)/b14-6+/t23-/m0/s1. The SMILES string of the molecule is COC(=O)/C=C/CC[C@H](NC(=O)c1cccnc1)C(=O)Nc1cccn(CC(=O)NCCc2ccccc2)c1=O. The van der Waals surface area contributed by atoms with Gasteiger partial charge in [0.15, 0.2) is 0 Å². The zero-order chi connectivity index (χ0) is 28.7. The van der Waals surface area contributed by atoms with E-state index < -0.39 is 29.4 Å². The van der Waals surface area contributed by atoms with E-state index in [1.165, 1.54) is 54.6 Å². The maximum Gasteiger partial charge on any atom is 0.330 e. The summed E-state index contributed by atoms with van der Waals surface area (Å²) in [6.45, 7) is 0.188. The van der Waals surface area contributed by atoms with Gasteiger partial charge >= 0.3 is 5.97 Å². The summed E-state index contributed by atoms with van der Waals surface area (Å²) < 4.78 is 5.74. The third kappa shape index (κ3) is 9.35. The molecule has 0 radical (unpaired) electrons. The lowest BCUT2D eigenvalue weighted by atomic mass is 10.1. The molecule has 3 amide bonds. The molecule has 2 heterocycles. The quantitative estimate of drug-likeness (QED) is 0.219. The van der Waals surface area contributed by atoms with E-state index in [4.69, 9.17) is 0 Å². The number of aromatic nitrogens is 2. The van der Waals surface area contributed by atoms with Crippen molar-refractivity contribution in [1.82, 2.24) is 20.2 Å². The number of hydrogen-bond donors (Lipinski definition) is 3. The topological polar surface area (TPSA) is 148 Å². The number of esters is 1. The lowest BCUT2D eigenvalue weighted by Gasteiger charge is -2.18. The highest BCUT2D eigenvalue weighted by Gasteiger charge is 2.22. The van der Waals surface area contributed by atoms with Crippen molar-refractivity contribution in [1.29, 1.82) is 0 Å². The van der Waals surface area contributed by atoms with Crippen LogP contribution in [0.2, 0.25) is 0 Å². The molecule has 0 aliphatic heterocycles. The monoisotopic (exact) mass is 545 g/mol. The number of methoxy groups -OCH3 is 1. The van der Waals surface area contributed by atoms with Crippen molar-refractivity contribution in [3.8, 4) is 0 Å². The first-order chi connectivity index (χ1) is 19.4. The molecule has 0 aliphatic carbocycles. The van der Waals surface area contributed by atoms with Gasteiger partial charge in [-0.1, -0.05) is 36.4 Å². The minimum atomic E-state index is -1.04. The van der Waals surface area contributed by atoms with E-state index in [1.807, 2.05) is 30.3 Å². The van der Waals surface area contributed by atoms with Crippen LogP contribution in [-0.2, 0) is 32.1 Å². The van der Waals surface area contributed by atoms with E-state index in [1.54, 1.807) is 12.1 Å². The van der Waals surface area contributed by atoms with Crippen LogP contribution in [0.4, 0.5) is 5.69 Å². The Bertz CT molecular complexity index is 1390. The molecule has 0 saturated carbocycles. The van der Waals surface area contributed by atoms with Gasteiger partial charge in [-0.25, -0.2) is 4.79 Å². The fourth-order valence-electron chi connectivity index (χ4n) is 3.70. The molecule has 3 aromatic rings. The highest BCUT2D eigenvalue weighted by Crippen LogP contribution is 2.07. The summed E-state index contributed by atoms with van der Waals surface area (Å²) in [7, 11) is 1.25. The average molecular weight is 546 g/mol. The van der Waals surface area contributed by atoms with Gasteiger partial charge in [-0.05, 0) is 49.1 Å². The third-order valence-corrected chi connectivity index (χ3v) is 5.79. The van der Waals surface area contributed by atoms with Gasteiger partial charge in [0.05, 0.1) is 12.7 Å². The van der Waals surface area contributed by atoms with E-state index in [0.717, 1.165) is 5.56 Å². The van der Waals surface area contributed by atoms with Crippen molar-refractivity contribution in [3.05, 3.63) is 107 Å². The predicted octanol–water partition coefficient (Wildman–Crippen LogP) is 1.85. The van der Waals surface area contributed by atoms with Crippen LogP contribution < -0.4 is 21.5 Å². The van der Waals surface area contributed by atoms with E-state index >= 15 is 0 Å². The maximum absolute atomic E-state index is 13.1. The summed E-state index contributed by atoms with van der Waals surface area (Å²) >= 11 is 0. The van der Waals surface area contributed by atoms with Gasteiger partial charge in [-0.2, -0.15) is 0 Å². The number of nitrogens with one attached hydrogen (secondary N) is 3. The maximum atomic E-state index is 13.1. The van der Waals surface area contributed by atoms with Gasteiger partial charge in [0.25, 0.3) is 11.5 Å². The molecule has 40 heavy (non-hydrogen) atoms. The van der Waals surface area contributed by atoms with Gasteiger partial charge in [-0.3, -0.25) is 24.2 Å². The van der Waals surface area contributed by atoms with Crippen LogP contribution in [0.1, 0.15) is 28.8 Å². The van der Waals surface area contributed by atoms with Gasteiger partial charge in [0.1, 0.15) is 18.3 Å². The number of anilines is 1. The Labute approximate surface area is 231 Å². The first-order valence-corrected chi connectivity index (χ1v) is 12.6. The van der Waals surface area contributed by atoms with Crippen molar-refractivity contribution in [2.24, 2.45) is 0 Å². The molecule has 1 aromatic carbocycles. The summed E-state index contributed by atoms with van der Waals surface area (Å²) in [5, 5.41) is 7.99. The number of pyridine rings is 2. The molecule has 11 nitrogen and oxygen atoms in total. The lowest BCUT2D eigenvalue weighted by molar-refractivity contribution is -0.134. The molecule has 0 fully saturated rings. The molecule has 11 heteroatoms. The Morgan fingerprint density at radius 1 is 1.05 bits per heavy atom. The first kappa shape index (κ1) is 29.5. The molecular weight excluding hydrogens is 514 g/mol. The van der Waals surface area contributed by atoms with Crippen LogP contribution in [0.3, 0.4) is 0 Å². The smallest absolute Gasteiger partial charge is 0.330 e. The summed E-state index contributed by atoms with van der Waals surface area (Å²) in [6, 6.07) is 14.7. The zero-order valence-corrected chi connectivity index (χ0v) is 22.0. The molecule has 1 atom stereocenters. The highest BCUT2D eigenvalue weighted by molar-refractivity contribution is 6.01. The Hall–Kier alpha value is -5.06. The van der Waals surface area contributed by atoms with Crippen LogP contribution in [0.25, 0.3) is 0 Å². The number of carbonyl (C=O) groups is 4. The summed E-state index contributed by atoms with van der Waals surface area (Å²) in [5.41, 5.74) is 0.716. The van der Waals surface area contributed by atoms with Crippen LogP contribution in [0.5, 0.6) is 0 Å². The Morgan fingerprint density at radius 2 is 1.85 bits per heavy atom. The molecule has 208 valence electrons. The number of carbonyl (C=O) groups excluding carboxylic acids is 4. The number of ether oxygens (including phenoxy) is 1.